The van der Waals surface area contributed by atoms with E-state index in [-0.39, 0.29) is 5.60 Å². The van der Waals surface area contributed by atoms with E-state index >= 15 is 0 Å². The summed E-state index contributed by atoms with van der Waals surface area (Å²) in [5.41, 5.74) is 3.63. The Morgan fingerprint density at radius 3 is 2.90 bits per heavy atom. The molecular formula is C18H22N2O. The van der Waals surface area contributed by atoms with Crippen molar-refractivity contribution in [2.75, 3.05) is 0 Å². The molecular weight excluding hydrogens is 260 g/mol. The van der Waals surface area contributed by atoms with Crippen molar-refractivity contribution in [1.29, 1.82) is 0 Å². The zero-order chi connectivity index (χ0) is 14.9. The second-order valence-electron chi connectivity index (χ2n) is 6.34. The highest BCUT2D eigenvalue weighted by Crippen LogP contribution is 2.39. The van der Waals surface area contributed by atoms with E-state index in [0.717, 1.165) is 18.7 Å². The topological polar surface area (TPSA) is 34.2 Å². The Balaban J connectivity index is 1.80. The van der Waals surface area contributed by atoms with Crippen LogP contribution in [0.5, 0.6) is 5.75 Å². The first-order valence-corrected chi connectivity index (χ1v) is 7.46. The minimum absolute atomic E-state index is 0.143. The molecule has 2 heterocycles. The number of aryl methyl sites for hydroxylation is 1. The molecule has 1 aromatic carbocycles. The van der Waals surface area contributed by atoms with E-state index in [1.54, 1.807) is 0 Å². The number of fused-ring (bicyclic) bond motifs is 1. The van der Waals surface area contributed by atoms with E-state index in [1.807, 2.05) is 18.5 Å². The second-order valence-corrected chi connectivity index (χ2v) is 6.34. The van der Waals surface area contributed by atoms with Crippen LogP contribution in [0.15, 0.2) is 42.7 Å². The van der Waals surface area contributed by atoms with Crippen molar-refractivity contribution in [3.8, 4) is 5.75 Å². The van der Waals surface area contributed by atoms with E-state index in [4.69, 9.17) is 4.74 Å². The number of nitrogens with one attached hydrogen (secondary N) is 1. The number of aromatic nitrogens is 1. The third-order valence-electron chi connectivity index (χ3n) is 4.06. The van der Waals surface area contributed by atoms with Gasteiger partial charge >= 0.3 is 0 Å². The number of hydrogen-bond acceptors (Lipinski definition) is 3. The van der Waals surface area contributed by atoms with Gasteiger partial charge in [-0.25, -0.2) is 0 Å². The summed E-state index contributed by atoms with van der Waals surface area (Å²) in [5.74, 6) is 0.995. The van der Waals surface area contributed by atoms with Crippen LogP contribution in [0, 0.1) is 6.92 Å². The van der Waals surface area contributed by atoms with Gasteiger partial charge in [0.1, 0.15) is 11.4 Å². The fourth-order valence-corrected chi connectivity index (χ4v) is 2.90. The zero-order valence-electron chi connectivity index (χ0n) is 12.9. The van der Waals surface area contributed by atoms with Crippen molar-refractivity contribution in [2.45, 2.75) is 45.4 Å². The van der Waals surface area contributed by atoms with Crippen molar-refractivity contribution in [1.82, 2.24) is 10.3 Å². The largest absolute Gasteiger partial charge is 0.487 e. The lowest BCUT2D eigenvalue weighted by atomic mass is 9.89. The maximum atomic E-state index is 6.07. The average molecular weight is 282 g/mol. The van der Waals surface area contributed by atoms with Gasteiger partial charge in [-0.15, -0.1) is 0 Å². The molecule has 1 unspecified atom stereocenters. The minimum Gasteiger partial charge on any atom is -0.487 e. The maximum Gasteiger partial charge on any atom is 0.124 e. The average Bonchev–Trinajstić information content (AvgIpc) is 2.45. The zero-order valence-corrected chi connectivity index (χ0v) is 12.9. The van der Waals surface area contributed by atoms with Crippen LogP contribution in [0.2, 0.25) is 0 Å². The highest BCUT2D eigenvalue weighted by atomic mass is 16.5. The number of nitrogens with zero attached hydrogens (tertiary/aromatic N) is 1. The summed E-state index contributed by atoms with van der Waals surface area (Å²) >= 11 is 0. The maximum absolute atomic E-state index is 6.07. The van der Waals surface area contributed by atoms with Crippen LogP contribution in [0.3, 0.4) is 0 Å². The first-order chi connectivity index (χ1) is 10.1. The van der Waals surface area contributed by atoms with Crippen molar-refractivity contribution >= 4 is 0 Å². The molecule has 0 fully saturated rings. The van der Waals surface area contributed by atoms with Gasteiger partial charge in [-0.05, 0) is 44.0 Å². The van der Waals surface area contributed by atoms with Crippen molar-refractivity contribution in [3.63, 3.8) is 0 Å². The molecule has 3 heteroatoms. The summed E-state index contributed by atoms with van der Waals surface area (Å²) in [4.78, 5) is 4.22. The summed E-state index contributed by atoms with van der Waals surface area (Å²) in [5, 5.41) is 3.67. The van der Waals surface area contributed by atoms with Gasteiger partial charge in [0.15, 0.2) is 0 Å². The first-order valence-electron chi connectivity index (χ1n) is 7.46. The monoisotopic (exact) mass is 282 g/mol. The van der Waals surface area contributed by atoms with Gasteiger partial charge in [-0.1, -0.05) is 18.2 Å². The molecule has 0 saturated heterocycles. The Hall–Kier alpha value is -1.87. The van der Waals surface area contributed by atoms with Crippen LogP contribution in [-0.2, 0) is 6.54 Å². The Kier molecular flexibility index (Phi) is 3.68. The Morgan fingerprint density at radius 2 is 2.10 bits per heavy atom. The van der Waals surface area contributed by atoms with Crippen molar-refractivity contribution in [2.24, 2.45) is 0 Å². The molecule has 1 aromatic heterocycles. The highest BCUT2D eigenvalue weighted by Gasteiger charge is 2.33. The molecule has 1 aliphatic heterocycles. The van der Waals surface area contributed by atoms with E-state index in [9.17, 15) is 0 Å². The molecule has 0 aliphatic carbocycles. The quantitative estimate of drug-likeness (QED) is 0.930. The lowest BCUT2D eigenvalue weighted by molar-refractivity contribution is 0.0657. The first kappa shape index (κ1) is 14.1. The molecule has 3 nitrogen and oxygen atoms in total. The van der Waals surface area contributed by atoms with Crippen LogP contribution < -0.4 is 10.1 Å². The fraction of sp³-hybridized carbons (Fsp3) is 0.389. The number of para-hydroxylation sites is 1. The predicted octanol–water partition coefficient (Wildman–Crippen LogP) is 3.78. The van der Waals surface area contributed by atoms with Crippen LogP contribution in [0.1, 0.15) is 43.0 Å². The summed E-state index contributed by atoms with van der Waals surface area (Å²) in [7, 11) is 0. The van der Waals surface area contributed by atoms with Gasteiger partial charge in [-0.2, -0.15) is 0 Å². The number of ether oxygens (including phenoxy) is 1. The Bertz CT molecular complexity index is 637. The Morgan fingerprint density at radius 1 is 1.29 bits per heavy atom. The van der Waals surface area contributed by atoms with E-state index in [2.05, 4.69) is 55.3 Å². The molecule has 1 atom stereocenters. The lowest BCUT2D eigenvalue weighted by Gasteiger charge is -2.38. The van der Waals surface area contributed by atoms with Gasteiger partial charge < -0.3 is 10.1 Å². The van der Waals surface area contributed by atoms with Gasteiger partial charge in [0.25, 0.3) is 0 Å². The molecule has 0 amide bonds. The van der Waals surface area contributed by atoms with Gasteiger partial charge in [0.05, 0.1) is 0 Å². The van der Waals surface area contributed by atoms with E-state index in [1.165, 1.54) is 16.7 Å². The van der Waals surface area contributed by atoms with Gasteiger partial charge in [0, 0.05) is 37.0 Å². The number of benzene rings is 1. The highest BCUT2D eigenvalue weighted by molar-refractivity contribution is 5.38. The van der Waals surface area contributed by atoms with Gasteiger partial charge in [0.2, 0.25) is 0 Å². The summed E-state index contributed by atoms with van der Waals surface area (Å²) in [6, 6.07) is 10.7. The molecule has 0 spiro atoms. The smallest absolute Gasteiger partial charge is 0.124 e. The van der Waals surface area contributed by atoms with Crippen LogP contribution >= 0.6 is 0 Å². The normalized spacial score (nSPS) is 19.7. The number of rotatable bonds is 3. The fourth-order valence-electron chi connectivity index (χ4n) is 2.90. The van der Waals surface area contributed by atoms with E-state index in [0.29, 0.717) is 6.04 Å². The van der Waals surface area contributed by atoms with Gasteiger partial charge in [-0.3, -0.25) is 4.98 Å². The van der Waals surface area contributed by atoms with Crippen LogP contribution in [-0.4, -0.2) is 10.6 Å². The molecule has 110 valence electrons. The third kappa shape index (κ3) is 3.08. The molecule has 0 bridgehead atoms. The standard InChI is InChI=1S/C18H22N2O/c1-13-8-9-19-11-14(13)12-20-16-10-18(2,3)21-17-7-5-4-6-15(16)17/h4-9,11,16,20H,10,12H2,1-3H3. The third-order valence-corrected chi connectivity index (χ3v) is 4.06. The summed E-state index contributed by atoms with van der Waals surface area (Å²) in [6.07, 6.45) is 4.74. The number of hydrogen-bond donors (Lipinski definition) is 1. The molecule has 2 aromatic rings. The lowest BCUT2D eigenvalue weighted by Crippen LogP contribution is -2.39. The SMILES string of the molecule is Cc1ccncc1CNC1CC(C)(C)Oc2ccccc21. The predicted molar refractivity (Wildman–Crippen MR) is 84.3 cm³/mol. The molecule has 1 aliphatic rings. The van der Waals surface area contributed by atoms with E-state index < -0.39 is 0 Å². The minimum atomic E-state index is -0.143. The second kappa shape index (κ2) is 5.49. The molecule has 21 heavy (non-hydrogen) atoms. The van der Waals surface area contributed by atoms with Crippen molar-refractivity contribution in [3.05, 3.63) is 59.4 Å². The summed E-state index contributed by atoms with van der Waals surface area (Å²) in [6.45, 7) is 7.25. The van der Waals surface area contributed by atoms with Crippen molar-refractivity contribution < 1.29 is 4.74 Å². The van der Waals surface area contributed by atoms with Crippen LogP contribution in [0.25, 0.3) is 0 Å². The Labute approximate surface area is 126 Å². The molecule has 0 saturated carbocycles. The molecule has 1 N–H and O–H groups in total. The molecule has 0 radical (unpaired) electrons. The van der Waals surface area contributed by atoms with Crippen LogP contribution in [0.4, 0.5) is 0 Å². The number of pyridine rings is 1. The molecule has 3 rings (SSSR count). The summed E-state index contributed by atoms with van der Waals surface area (Å²) < 4.78 is 6.07.